The molecule has 0 radical (unpaired) electrons. The first-order chi connectivity index (χ1) is 19.3. The number of carbonyl (C=O) groups is 2. The summed E-state index contributed by atoms with van der Waals surface area (Å²) in [4.78, 5) is 51.8. The fraction of sp³-hybridized carbons (Fsp3) is 0.286. The Bertz CT molecular complexity index is 1620. The van der Waals surface area contributed by atoms with Gasteiger partial charge in [-0.25, -0.2) is 9.36 Å². The molecule has 0 fully saturated rings. The molecule has 0 aliphatic carbocycles. The van der Waals surface area contributed by atoms with Crippen molar-refractivity contribution in [1.82, 2.24) is 14.5 Å². The van der Waals surface area contributed by atoms with Crippen LogP contribution in [-0.4, -0.2) is 48.3 Å². The number of thiophene rings is 1. The number of nitrogens with one attached hydrogen (secondary N) is 2. The Morgan fingerprint density at radius 2 is 1.62 bits per heavy atom. The third-order valence-corrected chi connectivity index (χ3v) is 6.96. The summed E-state index contributed by atoms with van der Waals surface area (Å²) in [5, 5.41) is 7.15. The van der Waals surface area contributed by atoms with Gasteiger partial charge in [-0.05, 0) is 66.8 Å². The first kappa shape index (κ1) is 28.4. The molecule has 12 heteroatoms. The van der Waals surface area contributed by atoms with Crippen LogP contribution in [0.5, 0.6) is 17.2 Å². The molecular formula is C28H30N4O7S. The Balaban J connectivity index is 1.46. The number of benzene rings is 2. The van der Waals surface area contributed by atoms with E-state index >= 15 is 0 Å². The Morgan fingerprint density at radius 1 is 0.900 bits per heavy atom. The second-order valence-corrected chi connectivity index (χ2v) is 9.61. The van der Waals surface area contributed by atoms with Crippen LogP contribution in [0.25, 0.3) is 10.2 Å². The van der Waals surface area contributed by atoms with Crippen LogP contribution in [-0.2, 0) is 29.1 Å². The van der Waals surface area contributed by atoms with E-state index in [9.17, 15) is 19.2 Å². The zero-order valence-corrected chi connectivity index (χ0v) is 23.2. The van der Waals surface area contributed by atoms with Crippen molar-refractivity contribution in [1.29, 1.82) is 0 Å². The Labute approximate surface area is 233 Å². The van der Waals surface area contributed by atoms with Gasteiger partial charge in [0.15, 0.2) is 11.5 Å². The molecule has 210 valence electrons. The average Bonchev–Trinajstić information content (AvgIpc) is 3.45. The molecule has 2 heterocycles. The van der Waals surface area contributed by atoms with Crippen LogP contribution in [0.4, 0.5) is 5.69 Å². The molecule has 4 rings (SSSR count). The van der Waals surface area contributed by atoms with Crippen molar-refractivity contribution in [3.05, 3.63) is 80.3 Å². The van der Waals surface area contributed by atoms with Crippen LogP contribution in [0.2, 0.25) is 0 Å². The maximum absolute atomic E-state index is 13.3. The van der Waals surface area contributed by atoms with Crippen molar-refractivity contribution in [3.63, 3.8) is 0 Å². The van der Waals surface area contributed by atoms with E-state index in [1.165, 1.54) is 4.57 Å². The lowest BCUT2D eigenvalue weighted by molar-refractivity contribution is -0.121. The fourth-order valence-corrected chi connectivity index (χ4v) is 5.00. The number of anilines is 1. The smallest absolute Gasteiger partial charge is 0.332 e. The third-order valence-electron chi connectivity index (χ3n) is 6.07. The van der Waals surface area contributed by atoms with Gasteiger partial charge in [0.2, 0.25) is 11.8 Å². The van der Waals surface area contributed by atoms with Gasteiger partial charge >= 0.3 is 5.69 Å². The molecule has 0 unspecified atom stereocenters. The zero-order valence-electron chi connectivity index (χ0n) is 22.4. The first-order valence-corrected chi connectivity index (χ1v) is 13.4. The molecule has 40 heavy (non-hydrogen) atoms. The molecule has 2 amide bonds. The molecule has 0 spiro atoms. The van der Waals surface area contributed by atoms with Crippen molar-refractivity contribution in [2.75, 3.05) is 32.7 Å². The highest BCUT2D eigenvalue weighted by atomic mass is 32.1. The monoisotopic (exact) mass is 566 g/mol. The molecule has 0 aliphatic heterocycles. The largest absolute Gasteiger partial charge is 0.494 e. The predicted molar refractivity (Wildman–Crippen MR) is 153 cm³/mol. The first-order valence-electron chi connectivity index (χ1n) is 12.6. The van der Waals surface area contributed by atoms with E-state index in [0.717, 1.165) is 21.5 Å². The average molecular weight is 567 g/mol. The molecule has 11 nitrogen and oxygen atoms in total. The zero-order chi connectivity index (χ0) is 28.6. The van der Waals surface area contributed by atoms with Crippen LogP contribution in [0.15, 0.2) is 63.5 Å². The predicted octanol–water partition coefficient (Wildman–Crippen LogP) is 2.64. The van der Waals surface area contributed by atoms with E-state index in [2.05, 4.69) is 10.6 Å². The summed E-state index contributed by atoms with van der Waals surface area (Å²) in [6.07, 6.45) is 0.501. The maximum atomic E-state index is 13.3. The Hall–Kier alpha value is -4.58. The molecule has 4 aromatic rings. The van der Waals surface area contributed by atoms with Crippen LogP contribution in [0.3, 0.4) is 0 Å². The molecule has 2 N–H and O–H groups in total. The molecule has 0 saturated carbocycles. The summed E-state index contributed by atoms with van der Waals surface area (Å²) >= 11 is 1.14. The lowest BCUT2D eigenvalue weighted by Gasteiger charge is -2.13. The molecule has 2 aromatic heterocycles. The maximum Gasteiger partial charge on any atom is 0.332 e. The molecule has 2 aromatic carbocycles. The molecule has 0 bridgehead atoms. The minimum Gasteiger partial charge on any atom is -0.494 e. The van der Waals surface area contributed by atoms with Gasteiger partial charge < -0.3 is 24.8 Å². The number of methoxy groups -OCH3 is 2. The second kappa shape index (κ2) is 13.0. The number of hydrogen-bond donors (Lipinski definition) is 2. The van der Waals surface area contributed by atoms with Gasteiger partial charge in [0, 0.05) is 12.2 Å². The molecule has 0 atom stereocenters. The minimum atomic E-state index is -0.743. The van der Waals surface area contributed by atoms with Crippen molar-refractivity contribution < 1.29 is 23.8 Å². The molecule has 0 saturated heterocycles. The second-order valence-electron chi connectivity index (χ2n) is 8.69. The summed E-state index contributed by atoms with van der Waals surface area (Å²) in [5.41, 5.74) is 0.467. The van der Waals surface area contributed by atoms with Crippen molar-refractivity contribution in [3.8, 4) is 17.2 Å². The summed E-state index contributed by atoms with van der Waals surface area (Å²) in [5.74, 6) is 0.896. The van der Waals surface area contributed by atoms with Crippen molar-refractivity contribution in [2.24, 2.45) is 0 Å². The third kappa shape index (κ3) is 6.52. The van der Waals surface area contributed by atoms with Crippen molar-refractivity contribution >= 4 is 39.1 Å². The van der Waals surface area contributed by atoms with Crippen LogP contribution < -0.4 is 36.1 Å². The Morgan fingerprint density at radius 3 is 2.33 bits per heavy atom. The van der Waals surface area contributed by atoms with E-state index in [0.29, 0.717) is 41.5 Å². The number of carbonyl (C=O) groups excluding carboxylic acids is 2. The number of nitrogens with zero attached hydrogens (tertiary/aromatic N) is 2. The van der Waals surface area contributed by atoms with Gasteiger partial charge in [-0.3, -0.25) is 19.0 Å². The highest BCUT2D eigenvalue weighted by Crippen LogP contribution is 2.27. The fourth-order valence-electron chi connectivity index (χ4n) is 4.15. The normalized spacial score (nSPS) is 10.8. The van der Waals surface area contributed by atoms with E-state index in [1.807, 2.05) is 19.1 Å². The van der Waals surface area contributed by atoms with E-state index in [4.69, 9.17) is 14.2 Å². The van der Waals surface area contributed by atoms with Crippen LogP contribution in [0, 0.1) is 0 Å². The minimum absolute atomic E-state index is 0.281. The number of rotatable bonds is 12. The van der Waals surface area contributed by atoms with E-state index < -0.39 is 29.6 Å². The molecular weight excluding hydrogens is 536 g/mol. The highest BCUT2D eigenvalue weighted by molar-refractivity contribution is 7.17. The summed E-state index contributed by atoms with van der Waals surface area (Å²) in [6, 6.07) is 13.9. The number of hydrogen-bond acceptors (Lipinski definition) is 8. The van der Waals surface area contributed by atoms with Gasteiger partial charge in [-0.15, -0.1) is 11.3 Å². The summed E-state index contributed by atoms with van der Waals surface area (Å²) in [7, 11) is 3.09. The van der Waals surface area contributed by atoms with E-state index in [1.54, 1.807) is 56.0 Å². The summed E-state index contributed by atoms with van der Waals surface area (Å²) in [6.45, 7) is 1.88. The molecule has 0 aliphatic rings. The van der Waals surface area contributed by atoms with Gasteiger partial charge in [0.05, 0.1) is 26.3 Å². The van der Waals surface area contributed by atoms with Crippen LogP contribution >= 0.6 is 11.3 Å². The van der Waals surface area contributed by atoms with Crippen molar-refractivity contribution in [2.45, 2.75) is 26.4 Å². The summed E-state index contributed by atoms with van der Waals surface area (Å²) < 4.78 is 18.3. The topological polar surface area (TPSA) is 130 Å². The number of amides is 2. The highest BCUT2D eigenvalue weighted by Gasteiger charge is 2.18. The lowest BCUT2D eigenvalue weighted by atomic mass is 10.1. The number of ether oxygens (including phenoxy) is 3. The van der Waals surface area contributed by atoms with Gasteiger partial charge in [-0.2, -0.15) is 0 Å². The lowest BCUT2D eigenvalue weighted by Crippen LogP contribution is -2.44. The standard InChI is InChI=1S/C28H30N4O7S/c1-4-39-20-8-6-19(7-9-20)30-25(34)17-31-21-12-14-40-26(21)27(35)32(28(31)36)16-24(33)29-13-11-18-5-10-22(37-2)23(15-18)38-3/h5-10,12,14-15H,4,11,13,16-17H2,1-3H3,(H,29,33)(H,30,34). The number of fused-ring (bicyclic) bond motifs is 1. The number of aromatic nitrogens is 2. The van der Waals surface area contributed by atoms with Gasteiger partial charge in [0.1, 0.15) is 23.5 Å². The quantitative estimate of drug-likeness (QED) is 0.270. The van der Waals surface area contributed by atoms with E-state index in [-0.39, 0.29) is 17.8 Å². The van der Waals surface area contributed by atoms with Crippen LogP contribution in [0.1, 0.15) is 12.5 Å². The SMILES string of the molecule is CCOc1ccc(NC(=O)Cn2c(=O)n(CC(=O)NCCc3ccc(OC)c(OC)c3)c(=O)c3sccc32)cc1. The van der Waals surface area contributed by atoms with Gasteiger partial charge in [-0.1, -0.05) is 6.07 Å². The van der Waals surface area contributed by atoms with Gasteiger partial charge in [0.25, 0.3) is 5.56 Å². The Kier molecular flexibility index (Phi) is 9.23.